The zero-order chi connectivity index (χ0) is 14.5. The van der Waals surface area contributed by atoms with Gasteiger partial charge in [0.15, 0.2) is 0 Å². The standard InChI is InChI=1S/C15H29N5/c1-5-7-16-15(13-10-17-20(6-2)11-13)14-12-18(3)8-9-19(14)4/h10-11,14-16H,5-9,12H2,1-4H3. The van der Waals surface area contributed by atoms with Crippen molar-refractivity contribution in [3.63, 3.8) is 0 Å². The van der Waals surface area contributed by atoms with Gasteiger partial charge in [-0.15, -0.1) is 0 Å². The Labute approximate surface area is 122 Å². The number of aromatic nitrogens is 2. The van der Waals surface area contributed by atoms with E-state index in [1.54, 1.807) is 0 Å². The largest absolute Gasteiger partial charge is 0.308 e. The molecular formula is C15H29N5. The van der Waals surface area contributed by atoms with Gasteiger partial charge in [-0.2, -0.15) is 5.10 Å². The van der Waals surface area contributed by atoms with Crippen LogP contribution in [0.15, 0.2) is 12.4 Å². The maximum absolute atomic E-state index is 4.45. The van der Waals surface area contributed by atoms with Crippen molar-refractivity contribution >= 4 is 0 Å². The quantitative estimate of drug-likeness (QED) is 0.848. The lowest BCUT2D eigenvalue weighted by Crippen LogP contribution is -2.55. The second-order valence-electron chi connectivity index (χ2n) is 5.87. The van der Waals surface area contributed by atoms with Crippen LogP contribution in [0.25, 0.3) is 0 Å². The Bertz CT molecular complexity index is 403. The molecule has 1 fully saturated rings. The van der Waals surface area contributed by atoms with Crippen LogP contribution in [0.4, 0.5) is 0 Å². The van der Waals surface area contributed by atoms with Crippen molar-refractivity contribution < 1.29 is 0 Å². The number of likely N-dealkylation sites (N-methyl/N-ethyl adjacent to an activating group) is 2. The molecule has 2 rings (SSSR count). The average Bonchev–Trinajstić information content (AvgIpc) is 2.92. The van der Waals surface area contributed by atoms with Crippen molar-refractivity contribution in [2.45, 2.75) is 38.9 Å². The summed E-state index contributed by atoms with van der Waals surface area (Å²) in [5.41, 5.74) is 1.31. The van der Waals surface area contributed by atoms with Crippen LogP contribution in [-0.4, -0.2) is 65.9 Å². The topological polar surface area (TPSA) is 36.3 Å². The van der Waals surface area contributed by atoms with Crippen molar-refractivity contribution in [2.75, 3.05) is 40.3 Å². The third-order valence-corrected chi connectivity index (χ3v) is 4.23. The summed E-state index contributed by atoms with van der Waals surface area (Å²) in [7, 11) is 4.45. The summed E-state index contributed by atoms with van der Waals surface area (Å²) in [4.78, 5) is 4.91. The number of nitrogens with zero attached hydrogens (tertiary/aromatic N) is 4. The maximum Gasteiger partial charge on any atom is 0.0538 e. The summed E-state index contributed by atoms with van der Waals surface area (Å²) in [5.74, 6) is 0. The Morgan fingerprint density at radius 1 is 1.35 bits per heavy atom. The highest BCUT2D eigenvalue weighted by atomic mass is 15.3. The molecule has 0 radical (unpaired) electrons. The third-order valence-electron chi connectivity index (χ3n) is 4.23. The number of hydrogen-bond donors (Lipinski definition) is 1. The molecule has 0 spiro atoms. The first-order valence-corrected chi connectivity index (χ1v) is 7.80. The minimum atomic E-state index is 0.364. The van der Waals surface area contributed by atoms with Crippen LogP contribution in [0.1, 0.15) is 31.9 Å². The minimum absolute atomic E-state index is 0.364. The lowest BCUT2D eigenvalue weighted by Gasteiger charge is -2.42. The molecule has 1 N–H and O–H groups in total. The lowest BCUT2D eigenvalue weighted by atomic mass is 9.98. The van der Waals surface area contributed by atoms with Crippen molar-refractivity contribution in [3.8, 4) is 0 Å². The summed E-state index contributed by atoms with van der Waals surface area (Å²) >= 11 is 0. The molecule has 5 heteroatoms. The summed E-state index contributed by atoms with van der Waals surface area (Å²) in [6.45, 7) is 9.73. The molecule has 1 aliphatic rings. The molecule has 1 aliphatic heterocycles. The highest BCUT2D eigenvalue weighted by molar-refractivity contribution is 5.14. The number of hydrogen-bond acceptors (Lipinski definition) is 4. The zero-order valence-corrected chi connectivity index (χ0v) is 13.3. The summed E-state index contributed by atoms with van der Waals surface area (Å²) in [6.07, 6.45) is 5.37. The molecule has 1 aromatic rings. The van der Waals surface area contributed by atoms with E-state index in [0.29, 0.717) is 12.1 Å². The van der Waals surface area contributed by atoms with Crippen LogP contribution in [0.3, 0.4) is 0 Å². The Balaban J connectivity index is 2.17. The first-order chi connectivity index (χ1) is 9.65. The normalized spacial score (nSPS) is 23.1. The van der Waals surface area contributed by atoms with Crippen LogP contribution < -0.4 is 5.32 Å². The van der Waals surface area contributed by atoms with Crippen LogP contribution in [0.2, 0.25) is 0 Å². The van der Waals surface area contributed by atoms with E-state index in [-0.39, 0.29) is 0 Å². The fraction of sp³-hybridized carbons (Fsp3) is 0.800. The zero-order valence-electron chi connectivity index (χ0n) is 13.3. The Morgan fingerprint density at radius 3 is 2.80 bits per heavy atom. The molecule has 0 bridgehead atoms. The van der Waals surface area contributed by atoms with Gasteiger partial charge in [-0.25, -0.2) is 0 Å². The van der Waals surface area contributed by atoms with Crippen LogP contribution >= 0.6 is 0 Å². The van der Waals surface area contributed by atoms with Crippen LogP contribution in [0, 0.1) is 0 Å². The van der Waals surface area contributed by atoms with Gasteiger partial charge >= 0.3 is 0 Å². The van der Waals surface area contributed by atoms with Crippen molar-refractivity contribution in [1.29, 1.82) is 0 Å². The maximum atomic E-state index is 4.45. The molecule has 114 valence electrons. The average molecular weight is 279 g/mol. The van der Waals surface area contributed by atoms with Crippen molar-refractivity contribution in [3.05, 3.63) is 18.0 Å². The van der Waals surface area contributed by atoms with E-state index in [4.69, 9.17) is 0 Å². The van der Waals surface area contributed by atoms with Gasteiger partial charge in [0.25, 0.3) is 0 Å². The lowest BCUT2D eigenvalue weighted by molar-refractivity contribution is 0.0876. The Kier molecular flexibility index (Phi) is 5.57. The summed E-state index contributed by atoms with van der Waals surface area (Å²) in [5, 5.41) is 8.17. The fourth-order valence-electron chi connectivity index (χ4n) is 2.89. The smallest absolute Gasteiger partial charge is 0.0538 e. The molecule has 0 aliphatic carbocycles. The van der Waals surface area contributed by atoms with Gasteiger partial charge in [0, 0.05) is 44.0 Å². The number of piperazine rings is 1. The van der Waals surface area contributed by atoms with E-state index in [0.717, 1.165) is 39.1 Å². The second kappa shape index (κ2) is 7.20. The van der Waals surface area contributed by atoms with E-state index in [2.05, 4.69) is 54.4 Å². The Morgan fingerprint density at radius 2 is 2.15 bits per heavy atom. The van der Waals surface area contributed by atoms with Gasteiger partial charge < -0.3 is 10.2 Å². The van der Waals surface area contributed by atoms with E-state index >= 15 is 0 Å². The SMILES string of the molecule is CCCNC(c1cnn(CC)c1)C1CN(C)CCN1C. The third kappa shape index (κ3) is 3.59. The second-order valence-corrected chi connectivity index (χ2v) is 5.87. The molecule has 0 amide bonds. The first-order valence-electron chi connectivity index (χ1n) is 7.80. The van der Waals surface area contributed by atoms with Crippen LogP contribution in [-0.2, 0) is 6.54 Å². The number of rotatable bonds is 6. The molecular weight excluding hydrogens is 250 g/mol. The molecule has 2 atom stereocenters. The summed E-state index contributed by atoms with van der Waals surface area (Å²) in [6, 6.07) is 0.873. The van der Waals surface area contributed by atoms with Gasteiger partial charge in [-0.1, -0.05) is 6.92 Å². The van der Waals surface area contributed by atoms with Gasteiger partial charge in [-0.05, 0) is 34.0 Å². The van der Waals surface area contributed by atoms with E-state index < -0.39 is 0 Å². The minimum Gasteiger partial charge on any atom is -0.308 e. The monoisotopic (exact) mass is 279 g/mol. The first kappa shape index (κ1) is 15.5. The van der Waals surface area contributed by atoms with E-state index in [1.165, 1.54) is 5.56 Å². The molecule has 1 aromatic heterocycles. The van der Waals surface area contributed by atoms with Crippen LogP contribution in [0.5, 0.6) is 0 Å². The van der Waals surface area contributed by atoms with Gasteiger partial charge in [0.1, 0.15) is 0 Å². The molecule has 2 heterocycles. The Hall–Kier alpha value is -0.910. The molecule has 20 heavy (non-hydrogen) atoms. The van der Waals surface area contributed by atoms with Gasteiger partial charge in [-0.3, -0.25) is 9.58 Å². The predicted octanol–water partition coefficient (Wildman–Crippen LogP) is 1.19. The highest BCUT2D eigenvalue weighted by Crippen LogP contribution is 2.23. The molecule has 0 saturated carbocycles. The highest BCUT2D eigenvalue weighted by Gasteiger charge is 2.31. The molecule has 0 aromatic carbocycles. The number of nitrogens with one attached hydrogen (secondary N) is 1. The van der Waals surface area contributed by atoms with Gasteiger partial charge in [0.05, 0.1) is 12.2 Å². The van der Waals surface area contributed by atoms with E-state index in [1.807, 2.05) is 10.9 Å². The van der Waals surface area contributed by atoms with Crippen molar-refractivity contribution in [2.24, 2.45) is 0 Å². The van der Waals surface area contributed by atoms with E-state index in [9.17, 15) is 0 Å². The summed E-state index contributed by atoms with van der Waals surface area (Å²) < 4.78 is 2.02. The fourth-order valence-corrected chi connectivity index (χ4v) is 2.89. The molecule has 5 nitrogen and oxygen atoms in total. The number of aryl methyl sites for hydroxylation is 1. The van der Waals surface area contributed by atoms with Crippen molar-refractivity contribution in [1.82, 2.24) is 24.9 Å². The molecule has 1 saturated heterocycles. The predicted molar refractivity (Wildman–Crippen MR) is 82.9 cm³/mol. The molecule has 2 unspecified atom stereocenters. The van der Waals surface area contributed by atoms with Gasteiger partial charge in [0.2, 0.25) is 0 Å².